The molecular formula is C40H74Cl4O6. The molecule has 0 aliphatic rings. The van der Waals surface area contributed by atoms with Crippen LogP contribution in [0.2, 0.25) is 0 Å². The predicted molar refractivity (Wildman–Crippen MR) is 217 cm³/mol. The van der Waals surface area contributed by atoms with Crippen molar-refractivity contribution in [1.82, 2.24) is 0 Å². The van der Waals surface area contributed by atoms with Gasteiger partial charge in [-0.1, -0.05) is 154 Å². The molecule has 0 aromatic heterocycles. The summed E-state index contributed by atoms with van der Waals surface area (Å²) in [6.45, 7) is 5.36. The van der Waals surface area contributed by atoms with Crippen LogP contribution < -0.4 is 0 Å². The number of alkyl halides is 3. The second-order valence-corrected chi connectivity index (χ2v) is 15.2. The van der Waals surface area contributed by atoms with Crippen molar-refractivity contribution in [2.24, 2.45) is 0 Å². The van der Waals surface area contributed by atoms with Gasteiger partial charge in [0, 0.05) is 18.2 Å². The number of hydrogen-bond donors (Lipinski definition) is 1. The second-order valence-electron chi connectivity index (χ2n) is 12.7. The van der Waals surface area contributed by atoms with Crippen LogP contribution in [0.4, 0.5) is 9.59 Å². The number of ether oxygens (including phenoxy) is 3. The van der Waals surface area contributed by atoms with Gasteiger partial charge < -0.3 is 19.3 Å². The molecule has 6 nitrogen and oxygen atoms in total. The van der Waals surface area contributed by atoms with Crippen LogP contribution in [0.3, 0.4) is 0 Å². The maximum Gasteiger partial charge on any atom is 0.511 e. The summed E-state index contributed by atoms with van der Waals surface area (Å²) in [5.41, 5.74) is -0.687. The first-order valence-electron chi connectivity index (χ1n) is 19.7. The number of allylic oxidation sites excluding steroid dienone is 4. The SMILES string of the molecule is CCCCCCCC/C=C\CCCCCCCCO.CCCCCCCC/C=C\CCCCCCCCOC(=O)Cl.COC(=O)OC(Cl)(Cl)Cl. The fourth-order valence-corrected chi connectivity index (χ4v) is 5.26. The molecule has 0 amide bonds. The van der Waals surface area contributed by atoms with Crippen LogP contribution in [-0.4, -0.2) is 41.0 Å². The van der Waals surface area contributed by atoms with E-state index in [4.69, 9.17) is 51.5 Å². The molecule has 0 aromatic carbocycles. The molecule has 0 heterocycles. The van der Waals surface area contributed by atoms with Crippen molar-refractivity contribution >= 4 is 58.0 Å². The standard InChI is InChI=1S/C19H35ClO2.C18H36O.C3H3Cl3O3/c1-2-3-4-5-6-7-8-9-10-11-12-13-14-15-16-17-18-22-19(20)21;1-2-3-4-5-6-7-8-9-10-11-12-13-14-15-16-17-18-19;1-8-2(7)9-3(4,5)6/h9-10H,2-8,11-18H2,1H3;9-10,19H,2-8,11-18H2,1H3;1H3/b2*10-9-;. The fraction of sp³-hybridized carbons (Fsp3) is 0.850. The van der Waals surface area contributed by atoms with Gasteiger partial charge in [-0.3, -0.25) is 0 Å². The minimum absolute atomic E-state index is 0.362. The van der Waals surface area contributed by atoms with Crippen molar-refractivity contribution in [2.45, 2.75) is 198 Å². The molecule has 0 saturated carbocycles. The highest BCUT2D eigenvalue weighted by Gasteiger charge is 2.25. The van der Waals surface area contributed by atoms with E-state index in [9.17, 15) is 9.59 Å². The summed E-state index contributed by atoms with van der Waals surface area (Å²) >= 11 is 20.1. The summed E-state index contributed by atoms with van der Waals surface area (Å²) in [7, 11) is 1.11. The van der Waals surface area contributed by atoms with Gasteiger partial charge in [-0.15, -0.1) is 0 Å². The van der Waals surface area contributed by atoms with E-state index in [2.05, 4.69) is 52.4 Å². The Kier molecular flexibility index (Phi) is 49.8. The molecule has 0 atom stereocenters. The van der Waals surface area contributed by atoms with E-state index < -0.39 is 15.6 Å². The molecule has 0 aromatic rings. The zero-order valence-corrected chi connectivity index (χ0v) is 35.0. The van der Waals surface area contributed by atoms with Crippen molar-refractivity contribution in [3.63, 3.8) is 0 Å². The summed E-state index contributed by atoms with van der Waals surface area (Å²) in [5.74, 6) is 0. The van der Waals surface area contributed by atoms with Crippen LogP contribution in [0.25, 0.3) is 0 Å². The van der Waals surface area contributed by atoms with E-state index in [1.807, 2.05) is 0 Å². The number of methoxy groups -OCH3 is 1. The van der Waals surface area contributed by atoms with Gasteiger partial charge in [-0.2, -0.15) is 0 Å². The zero-order valence-electron chi connectivity index (χ0n) is 32.0. The Morgan fingerprint density at radius 3 is 1.14 bits per heavy atom. The number of carbonyl (C=O) groups is 2. The lowest BCUT2D eigenvalue weighted by molar-refractivity contribution is 0.0704. The first-order valence-corrected chi connectivity index (χ1v) is 21.2. The molecule has 0 fully saturated rings. The number of rotatable bonds is 31. The second kappa shape index (κ2) is 46.4. The largest absolute Gasteiger partial charge is 0.511 e. The van der Waals surface area contributed by atoms with Gasteiger partial charge in [-0.25, -0.2) is 9.59 Å². The highest BCUT2D eigenvalue weighted by atomic mass is 35.6. The Morgan fingerprint density at radius 1 is 0.540 bits per heavy atom. The van der Waals surface area contributed by atoms with E-state index in [1.54, 1.807) is 0 Å². The molecule has 298 valence electrons. The van der Waals surface area contributed by atoms with Gasteiger partial charge in [-0.05, 0) is 99.0 Å². The molecule has 0 radical (unpaired) electrons. The zero-order chi connectivity index (χ0) is 37.8. The highest BCUT2D eigenvalue weighted by Crippen LogP contribution is 2.27. The first kappa shape index (κ1) is 53.7. The molecule has 0 aliphatic heterocycles. The maximum atomic E-state index is 10.3. The number of unbranched alkanes of at least 4 members (excludes halogenated alkanes) is 24. The molecule has 10 heteroatoms. The molecule has 1 N–H and O–H groups in total. The van der Waals surface area contributed by atoms with Crippen LogP contribution in [0.15, 0.2) is 24.3 Å². The number of carbonyl (C=O) groups excluding carboxylic acids is 2. The normalized spacial score (nSPS) is 11.2. The lowest BCUT2D eigenvalue weighted by Gasteiger charge is -2.09. The minimum atomic E-state index is -2.03. The van der Waals surface area contributed by atoms with Crippen molar-refractivity contribution in [3.05, 3.63) is 24.3 Å². The van der Waals surface area contributed by atoms with Gasteiger partial charge in [0.15, 0.2) is 0 Å². The maximum absolute atomic E-state index is 10.3. The van der Waals surface area contributed by atoms with Gasteiger partial charge in [0.05, 0.1) is 13.7 Å². The van der Waals surface area contributed by atoms with E-state index in [-0.39, 0.29) is 0 Å². The van der Waals surface area contributed by atoms with E-state index in [1.165, 1.54) is 161 Å². The summed E-state index contributed by atoms with van der Waals surface area (Å²) in [5, 5.41) is 8.66. The number of aliphatic hydroxyl groups is 1. The van der Waals surface area contributed by atoms with Gasteiger partial charge in [0.1, 0.15) is 0 Å². The Hall–Kier alpha value is -0.660. The average molecular weight is 793 g/mol. The lowest BCUT2D eigenvalue weighted by Crippen LogP contribution is -2.15. The molecular weight excluding hydrogens is 718 g/mol. The van der Waals surface area contributed by atoms with Crippen molar-refractivity contribution in [3.8, 4) is 0 Å². The van der Waals surface area contributed by atoms with Crippen LogP contribution in [0.1, 0.15) is 194 Å². The van der Waals surface area contributed by atoms with Crippen LogP contribution in [-0.2, 0) is 14.2 Å². The van der Waals surface area contributed by atoms with Crippen LogP contribution in [0, 0.1) is 0 Å². The van der Waals surface area contributed by atoms with E-state index >= 15 is 0 Å². The summed E-state index contributed by atoms with van der Waals surface area (Å²) in [4.78, 5) is 20.5. The summed E-state index contributed by atoms with van der Waals surface area (Å²) in [6, 6.07) is 0. The Bertz CT molecular complexity index is 744. The van der Waals surface area contributed by atoms with Gasteiger partial charge in [0.25, 0.3) is 0 Å². The van der Waals surface area contributed by atoms with Gasteiger partial charge >= 0.3 is 15.6 Å². The van der Waals surface area contributed by atoms with Crippen LogP contribution >= 0.6 is 46.4 Å². The van der Waals surface area contributed by atoms with Crippen molar-refractivity contribution in [2.75, 3.05) is 20.3 Å². The summed E-state index contributed by atoms with van der Waals surface area (Å²) in [6.07, 6.45) is 44.8. The Balaban J connectivity index is -0.000000717. The third-order valence-electron chi connectivity index (χ3n) is 7.91. The van der Waals surface area contributed by atoms with Crippen molar-refractivity contribution < 1.29 is 28.9 Å². The Labute approximate surface area is 327 Å². The predicted octanol–water partition coefficient (Wildman–Crippen LogP) is 15.5. The monoisotopic (exact) mass is 790 g/mol. The Morgan fingerprint density at radius 2 is 0.860 bits per heavy atom. The van der Waals surface area contributed by atoms with Crippen LogP contribution in [0.5, 0.6) is 0 Å². The van der Waals surface area contributed by atoms with Crippen molar-refractivity contribution in [1.29, 1.82) is 0 Å². The third-order valence-corrected chi connectivity index (χ3v) is 8.25. The van der Waals surface area contributed by atoms with Gasteiger partial charge in [0.2, 0.25) is 0 Å². The summed E-state index contributed by atoms with van der Waals surface area (Å²) < 4.78 is 10.7. The number of halogens is 4. The number of aliphatic hydroxyl groups excluding tert-OH is 1. The highest BCUT2D eigenvalue weighted by molar-refractivity contribution is 6.66. The lowest BCUT2D eigenvalue weighted by atomic mass is 10.1. The minimum Gasteiger partial charge on any atom is -0.454 e. The molecule has 0 unspecified atom stereocenters. The first-order chi connectivity index (χ1) is 24.1. The molecule has 0 rings (SSSR count). The van der Waals surface area contributed by atoms with E-state index in [0.717, 1.165) is 26.4 Å². The molecule has 0 bridgehead atoms. The number of hydrogen-bond acceptors (Lipinski definition) is 6. The molecule has 0 spiro atoms. The van der Waals surface area contributed by atoms with E-state index in [0.29, 0.717) is 13.2 Å². The third kappa shape index (κ3) is 59.5. The molecule has 0 saturated heterocycles. The smallest absolute Gasteiger partial charge is 0.454 e. The molecule has 0 aliphatic carbocycles. The fourth-order valence-electron chi connectivity index (χ4n) is 5.00. The topological polar surface area (TPSA) is 82.1 Å². The molecule has 50 heavy (non-hydrogen) atoms. The average Bonchev–Trinajstić information content (AvgIpc) is 3.07. The quantitative estimate of drug-likeness (QED) is 0.0247.